The second-order valence-electron chi connectivity index (χ2n) is 12.1. The number of aliphatic hydroxyl groups is 1. The number of nitrogens with zero attached hydrogens (tertiary/aromatic N) is 3. The van der Waals surface area contributed by atoms with E-state index in [0.29, 0.717) is 32.5 Å². The van der Waals surface area contributed by atoms with Gasteiger partial charge < -0.3 is 19.8 Å². The summed E-state index contributed by atoms with van der Waals surface area (Å²) in [6.07, 6.45) is 4.53. The fourth-order valence-electron chi connectivity index (χ4n) is 6.81. The number of hydrogen-bond donors (Lipinski definition) is 1. The first-order valence-electron chi connectivity index (χ1n) is 14.1. The molecular weight excluding hydrogens is 590 g/mol. The van der Waals surface area contributed by atoms with Crippen LogP contribution in [0.15, 0.2) is 55.6 Å². The van der Waals surface area contributed by atoms with E-state index in [2.05, 4.69) is 29.1 Å². The Morgan fingerprint density at radius 3 is 2.40 bits per heavy atom. The maximum absolute atomic E-state index is 14.5. The molecule has 4 rings (SSSR count). The predicted octanol–water partition coefficient (Wildman–Crippen LogP) is 4.25. The normalized spacial score (nSPS) is 29.7. The largest absolute Gasteiger partial charge is 0.394 e. The molecular formula is C31H42BrN3O4S. The van der Waals surface area contributed by atoms with Gasteiger partial charge >= 0.3 is 0 Å². The molecule has 0 aromatic heterocycles. The summed E-state index contributed by atoms with van der Waals surface area (Å²) in [5.41, 5.74) is 0.499. The van der Waals surface area contributed by atoms with Crippen LogP contribution in [-0.4, -0.2) is 89.7 Å². The molecule has 2 bridgehead atoms. The molecule has 0 saturated carbocycles. The van der Waals surface area contributed by atoms with Crippen molar-refractivity contribution in [1.29, 1.82) is 0 Å². The van der Waals surface area contributed by atoms with Crippen LogP contribution in [0.1, 0.15) is 46.1 Å². The van der Waals surface area contributed by atoms with Crippen LogP contribution < -0.4 is 0 Å². The molecule has 7 atom stereocenters. The van der Waals surface area contributed by atoms with Crippen LogP contribution in [0.25, 0.3) is 0 Å². The Hall–Kier alpha value is -2.10. The molecule has 3 heterocycles. The van der Waals surface area contributed by atoms with E-state index < -0.39 is 34.2 Å². The van der Waals surface area contributed by atoms with Gasteiger partial charge in [0.1, 0.15) is 6.04 Å². The number of amides is 3. The monoisotopic (exact) mass is 631 g/mol. The smallest absolute Gasteiger partial charge is 0.247 e. The molecule has 1 aromatic carbocycles. The minimum atomic E-state index is -0.781. The lowest BCUT2D eigenvalue weighted by Gasteiger charge is -2.43. The number of benzene rings is 1. The summed E-state index contributed by atoms with van der Waals surface area (Å²) >= 11 is 5.48. The van der Waals surface area contributed by atoms with E-state index >= 15 is 0 Å². The van der Waals surface area contributed by atoms with Crippen molar-refractivity contribution in [3.63, 3.8) is 0 Å². The minimum Gasteiger partial charge on any atom is -0.394 e. The molecule has 3 amide bonds. The molecule has 3 aliphatic rings. The molecule has 3 fully saturated rings. The molecule has 0 radical (unpaired) electrons. The van der Waals surface area contributed by atoms with Crippen molar-refractivity contribution >= 4 is 45.4 Å². The van der Waals surface area contributed by atoms with Gasteiger partial charge in [0.05, 0.1) is 29.2 Å². The third kappa shape index (κ3) is 5.18. The maximum atomic E-state index is 14.5. The number of alkyl halides is 1. The highest BCUT2D eigenvalue weighted by Crippen LogP contribution is 2.68. The average Bonchev–Trinajstić information content (AvgIpc) is 3.50. The lowest BCUT2D eigenvalue weighted by atomic mass is 9.70. The Bertz CT molecular complexity index is 1140. The minimum absolute atomic E-state index is 0.0234. The Labute approximate surface area is 251 Å². The van der Waals surface area contributed by atoms with Gasteiger partial charge in [-0.15, -0.1) is 24.9 Å². The molecule has 1 spiro atoms. The van der Waals surface area contributed by atoms with E-state index in [-0.39, 0.29) is 34.4 Å². The number of rotatable bonds is 11. The third-order valence-corrected chi connectivity index (χ3v) is 11.8. The van der Waals surface area contributed by atoms with Gasteiger partial charge in [-0.2, -0.15) is 0 Å². The van der Waals surface area contributed by atoms with Crippen molar-refractivity contribution in [3.8, 4) is 0 Å². The van der Waals surface area contributed by atoms with Crippen molar-refractivity contribution in [2.24, 2.45) is 11.8 Å². The van der Waals surface area contributed by atoms with Gasteiger partial charge in [-0.3, -0.25) is 14.4 Å². The molecule has 7 nitrogen and oxygen atoms in total. The molecule has 3 unspecified atom stereocenters. The summed E-state index contributed by atoms with van der Waals surface area (Å²) in [6.45, 7) is 16.5. The quantitative estimate of drug-likeness (QED) is 0.292. The highest BCUT2D eigenvalue weighted by molar-refractivity contribution is 9.09. The van der Waals surface area contributed by atoms with Crippen LogP contribution in [0.3, 0.4) is 0 Å². The van der Waals surface area contributed by atoms with E-state index in [9.17, 15) is 19.5 Å². The summed E-state index contributed by atoms with van der Waals surface area (Å²) in [5, 5.41) is 10.2. The topological polar surface area (TPSA) is 81.2 Å². The second kappa shape index (κ2) is 12.0. The van der Waals surface area contributed by atoms with E-state index in [1.165, 1.54) is 0 Å². The summed E-state index contributed by atoms with van der Waals surface area (Å²) in [5.74, 6) is -1.67. The zero-order valence-electron chi connectivity index (χ0n) is 24.0. The van der Waals surface area contributed by atoms with E-state index in [4.69, 9.17) is 0 Å². The van der Waals surface area contributed by atoms with Crippen LogP contribution in [-0.2, 0) is 20.9 Å². The summed E-state index contributed by atoms with van der Waals surface area (Å²) < 4.78 is -0.771. The lowest BCUT2D eigenvalue weighted by Crippen LogP contribution is -2.60. The SMILES string of the molecule is C=CCN(Cc1ccccc1)C(=O)[C@H]1[C@H]2C(=O)N([C@@H](CC)CO)C(C(=O)N(CC=C)C(C)(C)C)C23CC(Br)[C@@H]1S3. The van der Waals surface area contributed by atoms with E-state index in [1.54, 1.807) is 38.6 Å². The summed E-state index contributed by atoms with van der Waals surface area (Å²) in [4.78, 5) is 48.5. The molecule has 3 saturated heterocycles. The van der Waals surface area contributed by atoms with Gasteiger partial charge in [0.15, 0.2) is 0 Å². The Balaban J connectivity index is 1.80. The van der Waals surface area contributed by atoms with Gasteiger partial charge in [-0.1, -0.05) is 65.3 Å². The molecule has 218 valence electrons. The van der Waals surface area contributed by atoms with Crippen LogP contribution >= 0.6 is 27.7 Å². The number of likely N-dealkylation sites (tertiary alicyclic amines) is 1. The van der Waals surface area contributed by atoms with Crippen molar-refractivity contribution in [3.05, 3.63) is 61.2 Å². The highest BCUT2D eigenvalue weighted by atomic mass is 79.9. The summed E-state index contributed by atoms with van der Waals surface area (Å²) in [6, 6.07) is 8.51. The van der Waals surface area contributed by atoms with Crippen molar-refractivity contribution in [2.75, 3.05) is 19.7 Å². The molecule has 3 aliphatic heterocycles. The van der Waals surface area contributed by atoms with Crippen LogP contribution in [0, 0.1) is 11.8 Å². The molecule has 1 aromatic rings. The average molecular weight is 633 g/mol. The molecule has 1 N–H and O–H groups in total. The zero-order valence-corrected chi connectivity index (χ0v) is 26.4. The van der Waals surface area contributed by atoms with E-state index in [0.717, 1.165) is 5.56 Å². The van der Waals surface area contributed by atoms with Crippen LogP contribution in [0.5, 0.6) is 0 Å². The maximum Gasteiger partial charge on any atom is 0.247 e. The standard InChI is InChI=1S/C31H42BrN3O4S/c1-7-15-33(18-20-13-11-10-12-14-20)27(37)23-24-28(38)35(21(9-3)19-36)26(31(24)17-22(32)25(23)40-31)29(39)34(16-8-2)30(4,5)6/h7-8,10-14,21-26,36H,1-2,9,15-19H2,3-6H3/t21-,22?,23-,24-,25-,26?,31?/m0/s1. The van der Waals surface area contributed by atoms with Crippen molar-refractivity contribution in [2.45, 2.75) is 79.5 Å². The highest BCUT2D eigenvalue weighted by Gasteiger charge is 2.76. The Morgan fingerprint density at radius 2 is 1.85 bits per heavy atom. The number of carbonyl (C=O) groups is 3. The fraction of sp³-hybridized carbons (Fsp3) is 0.581. The van der Waals surface area contributed by atoms with Crippen LogP contribution in [0.2, 0.25) is 0 Å². The molecule has 40 heavy (non-hydrogen) atoms. The number of carbonyl (C=O) groups excluding carboxylic acids is 3. The number of aliphatic hydroxyl groups excluding tert-OH is 1. The predicted molar refractivity (Wildman–Crippen MR) is 164 cm³/mol. The first kappa shape index (κ1) is 30.8. The van der Waals surface area contributed by atoms with Gasteiger partial charge in [-0.05, 0) is 39.2 Å². The third-order valence-electron chi connectivity index (χ3n) is 8.59. The van der Waals surface area contributed by atoms with Gasteiger partial charge in [0.2, 0.25) is 17.7 Å². The number of fused-ring (bicyclic) bond motifs is 1. The number of thioether (sulfide) groups is 1. The zero-order chi connectivity index (χ0) is 29.4. The van der Waals surface area contributed by atoms with Crippen LogP contribution in [0.4, 0.5) is 0 Å². The first-order valence-corrected chi connectivity index (χ1v) is 15.9. The lowest BCUT2D eigenvalue weighted by molar-refractivity contribution is -0.149. The Morgan fingerprint density at radius 1 is 1.20 bits per heavy atom. The number of hydrogen-bond acceptors (Lipinski definition) is 5. The fourth-order valence-corrected chi connectivity index (χ4v) is 10.4. The molecule has 9 heteroatoms. The number of halogens is 1. The summed E-state index contributed by atoms with van der Waals surface area (Å²) in [7, 11) is 0. The first-order chi connectivity index (χ1) is 19.0. The second-order valence-corrected chi connectivity index (χ2v) is 14.8. The van der Waals surface area contributed by atoms with Gasteiger partial charge in [-0.25, -0.2) is 0 Å². The Kier molecular flexibility index (Phi) is 9.27. The molecule has 0 aliphatic carbocycles. The van der Waals surface area contributed by atoms with E-state index in [1.807, 2.05) is 58.0 Å². The van der Waals surface area contributed by atoms with Gasteiger partial charge in [0, 0.05) is 35.3 Å². The van der Waals surface area contributed by atoms with Crippen molar-refractivity contribution < 1.29 is 19.5 Å². The van der Waals surface area contributed by atoms with Gasteiger partial charge in [0.25, 0.3) is 0 Å². The van der Waals surface area contributed by atoms with Crippen molar-refractivity contribution in [1.82, 2.24) is 14.7 Å².